The van der Waals surface area contributed by atoms with Crippen molar-refractivity contribution in [2.45, 2.75) is 6.17 Å². The Kier molecular flexibility index (Phi) is 8.09. The number of amidine groups is 2. The lowest BCUT2D eigenvalue weighted by Gasteiger charge is -2.32. The van der Waals surface area contributed by atoms with E-state index < -0.39 is 6.17 Å². The molecule has 0 saturated heterocycles. The molecule has 12 aromatic rings. The molecular formula is C58H38N4O2. The third-order valence-electron chi connectivity index (χ3n) is 12.9. The monoisotopic (exact) mass is 822 g/mol. The smallest absolute Gasteiger partial charge is 0.160 e. The first-order valence-electron chi connectivity index (χ1n) is 21.7. The first-order valence-corrected chi connectivity index (χ1v) is 21.7. The van der Waals surface area contributed by atoms with Crippen LogP contribution in [0.1, 0.15) is 22.9 Å². The standard InChI is InChI=1S/C58H38N4O2/c1-61-57(37-19-7-3-8-20-37)59-56(46-29-16-32-51-52(46)45-23-11-12-31-50(45)63-51)60-58(61)47-30-15-28-44-43-27-14-25-41(54(43)64-55(44)47)38-33-34-49-48(35-38)42-26-13-24-40(36-17-5-2-6-18-36)53(42)62(49)39-21-9-4-10-22-39/h2-35,58H,1H3. The molecule has 0 bridgehead atoms. The maximum atomic E-state index is 7.16. The van der Waals surface area contributed by atoms with Crippen LogP contribution >= 0.6 is 0 Å². The Bertz CT molecular complexity index is 3860. The number of hydrogen-bond donors (Lipinski definition) is 0. The largest absolute Gasteiger partial charge is 0.456 e. The highest BCUT2D eigenvalue weighted by atomic mass is 16.3. The van der Waals surface area contributed by atoms with E-state index >= 15 is 0 Å². The molecular weight excluding hydrogens is 785 g/mol. The molecule has 13 rings (SSSR count). The van der Waals surface area contributed by atoms with Crippen LogP contribution in [0.4, 0.5) is 0 Å². The van der Waals surface area contributed by atoms with Crippen molar-refractivity contribution in [2.75, 3.05) is 7.05 Å². The van der Waals surface area contributed by atoms with Gasteiger partial charge in [0.1, 0.15) is 28.2 Å². The Morgan fingerprint density at radius 1 is 0.453 bits per heavy atom. The van der Waals surface area contributed by atoms with Crippen molar-refractivity contribution in [2.24, 2.45) is 9.98 Å². The van der Waals surface area contributed by atoms with Crippen molar-refractivity contribution in [3.63, 3.8) is 0 Å². The van der Waals surface area contributed by atoms with E-state index in [0.29, 0.717) is 5.84 Å². The third-order valence-corrected chi connectivity index (χ3v) is 12.9. The number of aromatic nitrogens is 1. The Labute approximate surface area is 368 Å². The summed E-state index contributed by atoms with van der Waals surface area (Å²) in [6.45, 7) is 0. The van der Waals surface area contributed by atoms with E-state index in [1.807, 2.05) is 36.4 Å². The van der Waals surface area contributed by atoms with Crippen LogP contribution in [0, 0.1) is 0 Å². The number of benzene rings is 9. The molecule has 1 unspecified atom stereocenters. The van der Waals surface area contributed by atoms with E-state index in [0.717, 1.165) is 88.7 Å². The predicted octanol–water partition coefficient (Wildman–Crippen LogP) is 14.8. The second-order valence-corrected chi connectivity index (χ2v) is 16.5. The van der Waals surface area contributed by atoms with E-state index in [1.165, 1.54) is 27.4 Å². The maximum absolute atomic E-state index is 7.16. The molecule has 0 radical (unpaired) electrons. The van der Waals surface area contributed by atoms with Crippen LogP contribution in [0.5, 0.6) is 0 Å². The van der Waals surface area contributed by atoms with Crippen LogP contribution in [0.3, 0.4) is 0 Å². The van der Waals surface area contributed by atoms with E-state index in [1.54, 1.807) is 0 Å². The molecule has 6 nitrogen and oxygen atoms in total. The second-order valence-electron chi connectivity index (χ2n) is 16.5. The SMILES string of the molecule is CN1C(c2ccccc2)=NC(c2cccc3oc4ccccc4c23)=NC1c1cccc2c1oc1c(-c3ccc4c(c3)c3cccc(-c5ccccc5)c3n4-c3ccccc3)cccc12. The van der Waals surface area contributed by atoms with Crippen molar-refractivity contribution in [1.29, 1.82) is 0 Å². The summed E-state index contributed by atoms with van der Waals surface area (Å²) >= 11 is 0. The van der Waals surface area contributed by atoms with Gasteiger partial charge in [0.15, 0.2) is 12.0 Å². The number of para-hydroxylation sites is 5. The zero-order chi connectivity index (χ0) is 42.3. The number of rotatable bonds is 6. The Hall–Kier alpha value is -8.48. The Morgan fingerprint density at radius 2 is 1.08 bits per heavy atom. The number of nitrogens with zero attached hydrogens (tertiary/aromatic N) is 4. The quantitative estimate of drug-likeness (QED) is 0.168. The fourth-order valence-electron chi connectivity index (χ4n) is 9.96. The summed E-state index contributed by atoms with van der Waals surface area (Å²) in [5.41, 5.74) is 14.1. The van der Waals surface area contributed by atoms with Crippen molar-refractivity contribution >= 4 is 77.4 Å². The van der Waals surface area contributed by atoms with Crippen molar-refractivity contribution < 1.29 is 8.83 Å². The zero-order valence-electron chi connectivity index (χ0n) is 34.8. The highest BCUT2D eigenvalue weighted by molar-refractivity contribution is 6.22. The topological polar surface area (TPSA) is 59.2 Å². The van der Waals surface area contributed by atoms with Gasteiger partial charge in [-0.15, -0.1) is 0 Å². The van der Waals surface area contributed by atoms with E-state index in [4.69, 9.17) is 18.8 Å². The van der Waals surface area contributed by atoms with Gasteiger partial charge in [0.25, 0.3) is 0 Å². The summed E-state index contributed by atoms with van der Waals surface area (Å²) in [5, 5.41) is 6.52. The van der Waals surface area contributed by atoms with E-state index in [-0.39, 0.29) is 0 Å². The molecule has 64 heavy (non-hydrogen) atoms. The minimum absolute atomic E-state index is 0.442. The molecule has 302 valence electrons. The molecule has 0 amide bonds. The minimum Gasteiger partial charge on any atom is -0.456 e. The zero-order valence-corrected chi connectivity index (χ0v) is 34.8. The molecule has 0 aliphatic carbocycles. The molecule has 0 saturated carbocycles. The average Bonchev–Trinajstić information content (AvgIpc) is 4.05. The van der Waals surface area contributed by atoms with Gasteiger partial charge in [0, 0.05) is 72.9 Å². The van der Waals surface area contributed by atoms with Crippen molar-refractivity contribution in [1.82, 2.24) is 9.47 Å². The molecule has 9 aromatic carbocycles. The Balaban J connectivity index is 0.999. The first kappa shape index (κ1) is 36.2. The van der Waals surface area contributed by atoms with Crippen LogP contribution < -0.4 is 0 Å². The molecule has 6 heteroatoms. The first-order chi connectivity index (χ1) is 31.7. The summed E-state index contributed by atoms with van der Waals surface area (Å²) in [5.74, 6) is 1.47. The van der Waals surface area contributed by atoms with Crippen LogP contribution in [-0.2, 0) is 0 Å². The van der Waals surface area contributed by atoms with Gasteiger partial charge in [0.2, 0.25) is 0 Å². The van der Waals surface area contributed by atoms with E-state index in [2.05, 4.69) is 186 Å². The number of fused-ring (bicyclic) bond motifs is 9. The van der Waals surface area contributed by atoms with Crippen molar-refractivity contribution in [3.05, 3.63) is 223 Å². The third kappa shape index (κ3) is 5.52. The highest BCUT2D eigenvalue weighted by Gasteiger charge is 2.31. The van der Waals surface area contributed by atoms with Gasteiger partial charge in [0.05, 0.1) is 11.0 Å². The second kappa shape index (κ2) is 14.3. The number of hydrogen-bond acceptors (Lipinski definition) is 5. The van der Waals surface area contributed by atoms with Crippen LogP contribution in [0.2, 0.25) is 0 Å². The van der Waals surface area contributed by atoms with Crippen LogP contribution in [0.25, 0.3) is 93.6 Å². The summed E-state index contributed by atoms with van der Waals surface area (Å²) < 4.78 is 15.9. The molecule has 4 heterocycles. The highest BCUT2D eigenvalue weighted by Crippen LogP contribution is 2.44. The Morgan fingerprint density at radius 3 is 1.89 bits per heavy atom. The molecule has 1 aliphatic heterocycles. The van der Waals surface area contributed by atoms with Gasteiger partial charge in [-0.05, 0) is 47.5 Å². The van der Waals surface area contributed by atoms with Gasteiger partial charge in [-0.1, -0.05) is 170 Å². The molecule has 1 aliphatic rings. The van der Waals surface area contributed by atoms with Crippen LogP contribution in [0.15, 0.2) is 225 Å². The minimum atomic E-state index is -0.442. The maximum Gasteiger partial charge on any atom is 0.160 e. The molecule has 0 N–H and O–H groups in total. The summed E-state index contributed by atoms with van der Waals surface area (Å²) in [7, 11) is 2.07. The summed E-state index contributed by atoms with van der Waals surface area (Å²) in [6.07, 6.45) is -0.442. The normalized spacial score (nSPS) is 14.3. The summed E-state index contributed by atoms with van der Waals surface area (Å²) in [4.78, 5) is 12.9. The fraction of sp³-hybridized carbons (Fsp3) is 0.0345. The van der Waals surface area contributed by atoms with Gasteiger partial charge in [-0.3, -0.25) is 0 Å². The predicted molar refractivity (Wildman–Crippen MR) is 263 cm³/mol. The van der Waals surface area contributed by atoms with E-state index in [9.17, 15) is 0 Å². The molecule has 0 spiro atoms. The molecule has 0 fully saturated rings. The van der Waals surface area contributed by atoms with Gasteiger partial charge >= 0.3 is 0 Å². The molecule has 3 aromatic heterocycles. The van der Waals surface area contributed by atoms with Crippen LogP contribution in [-0.4, -0.2) is 28.2 Å². The fourth-order valence-corrected chi connectivity index (χ4v) is 9.96. The number of furan rings is 2. The van der Waals surface area contributed by atoms with Crippen molar-refractivity contribution in [3.8, 4) is 27.9 Å². The summed E-state index contributed by atoms with van der Waals surface area (Å²) in [6, 6.07) is 72.4. The lowest BCUT2D eigenvalue weighted by atomic mass is 9.98. The average molecular weight is 823 g/mol. The van der Waals surface area contributed by atoms with Gasteiger partial charge in [-0.25, -0.2) is 9.98 Å². The molecule has 1 atom stereocenters. The van der Waals surface area contributed by atoms with Gasteiger partial charge in [-0.2, -0.15) is 0 Å². The van der Waals surface area contributed by atoms with Gasteiger partial charge < -0.3 is 18.3 Å². The number of aliphatic imine (C=N–C) groups is 2. The lowest BCUT2D eigenvalue weighted by molar-refractivity contribution is 0.382. The lowest BCUT2D eigenvalue weighted by Crippen LogP contribution is -2.35.